The third-order valence-electron chi connectivity index (χ3n) is 17.7. The standard InChI is InChI=1S/C87H83N5O/c1-83(2,3)64-38-39-89-81(50-64)92-77-37-34-58(59-40-60(62-43-65(84(4,5)6)48-66(44-62)85(7,8)9)42-61(41-59)63-45-67(86(10,11)12)49-68(46-63)87(13,14)15)47-76(77)75-36-35-71(54-80(75)92)93-72-52-69(88-16)51-70(53-72)90-55-91(79-33-24-23-32-78(79)90)82-73(56-26-19-17-20-27-56)30-25-31-74(82)57-28-21-18-22-29-57/h17-54H,1-15H3/i17D,18D,19D,20D,21D,22D,26D,27D,28D,29D. The lowest BCUT2D eigenvalue weighted by Gasteiger charge is -2.27. The van der Waals surface area contributed by atoms with Gasteiger partial charge in [-0.25, -0.2) is 9.83 Å². The van der Waals surface area contributed by atoms with E-state index in [0.29, 0.717) is 28.2 Å². The van der Waals surface area contributed by atoms with E-state index in [1.165, 1.54) is 22.3 Å². The number of pyridine rings is 1. The Morgan fingerprint density at radius 3 is 1.49 bits per heavy atom. The van der Waals surface area contributed by atoms with Crippen LogP contribution in [0.15, 0.2) is 230 Å². The van der Waals surface area contributed by atoms with Crippen LogP contribution in [0.25, 0.3) is 111 Å². The molecule has 3 aromatic heterocycles. The number of hydrogen-bond acceptors (Lipinski definition) is 2. The maximum Gasteiger partial charge on any atom is 0.269 e. The molecule has 0 amide bonds. The van der Waals surface area contributed by atoms with E-state index in [4.69, 9.17) is 24.5 Å². The van der Waals surface area contributed by atoms with E-state index in [1.54, 1.807) is 57.7 Å². The third-order valence-corrected chi connectivity index (χ3v) is 17.7. The largest absolute Gasteiger partial charge is 0.459 e. The van der Waals surface area contributed by atoms with Gasteiger partial charge in [0.1, 0.15) is 17.3 Å². The highest BCUT2D eigenvalue weighted by Crippen LogP contribution is 2.44. The molecule has 0 saturated carbocycles. The first-order valence-electron chi connectivity index (χ1n) is 36.8. The minimum Gasteiger partial charge on any atom is -0.459 e. The van der Waals surface area contributed by atoms with Crippen molar-refractivity contribution in [2.75, 3.05) is 0 Å². The van der Waals surface area contributed by atoms with Gasteiger partial charge in [0.2, 0.25) is 0 Å². The van der Waals surface area contributed by atoms with Gasteiger partial charge in [-0.3, -0.25) is 13.7 Å². The van der Waals surface area contributed by atoms with Crippen LogP contribution in [0.1, 0.15) is 145 Å². The molecule has 0 radical (unpaired) electrons. The summed E-state index contributed by atoms with van der Waals surface area (Å²) in [4.78, 5) is 9.00. The molecule has 3 heterocycles. The molecule has 10 aromatic carbocycles. The van der Waals surface area contributed by atoms with Gasteiger partial charge in [0, 0.05) is 23.0 Å². The second-order valence-corrected chi connectivity index (χ2v) is 29.7. The predicted molar refractivity (Wildman–Crippen MR) is 389 cm³/mol. The lowest BCUT2D eigenvalue weighted by atomic mass is 9.78. The quantitative estimate of drug-likeness (QED) is 0.101. The summed E-state index contributed by atoms with van der Waals surface area (Å²) in [5.41, 5.74) is 15.8. The summed E-state index contributed by atoms with van der Waals surface area (Å²) in [5, 5.41) is 1.97. The summed E-state index contributed by atoms with van der Waals surface area (Å²) in [6.07, 6.45) is 5.31. The van der Waals surface area contributed by atoms with Gasteiger partial charge in [0.15, 0.2) is 5.69 Å². The van der Waals surface area contributed by atoms with E-state index in [-0.39, 0.29) is 60.7 Å². The maximum absolute atomic E-state index is 9.19. The van der Waals surface area contributed by atoms with E-state index >= 15 is 0 Å². The summed E-state index contributed by atoms with van der Waals surface area (Å²) < 4.78 is 101. The number of fused-ring (bicyclic) bond motifs is 4. The number of imidazole rings is 1. The molecule has 0 fully saturated rings. The van der Waals surface area contributed by atoms with Crippen molar-refractivity contribution in [2.24, 2.45) is 0 Å². The molecule has 0 saturated heterocycles. The fourth-order valence-electron chi connectivity index (χ4n) is 12.3. The number of benzene rings is 10. The van der Waals surface area contributed by atoms with Gasteiger partial charge in [0.25, 0.3) is 6.33 Å². The first kappa shape index (κ1) is 50.5. The van der Waals surface area contributed by atoms with E-state index < -0.39 is 60.4 Å². The van der Waals surface area contributed by atoms with Gasteiger partial charge in [-0.05, 0) is 183 Å². The van der Waals surface area contributed by atoms with Gasteiger partial charge < -0.3 is 4.74 Å². The van der Waals surface area contributed by atoms with Gasteiger partial charge in [0.05, 0.1) is 53.7 Å². The van der Waals surface area contributed by atoms with Crippen LogP contribution < -0.4 is 9.30 Å². The lowest BCUT2D eigenvalue weighted by molar-refractivity contribution is -0.571. The smallest absolute Gasteiger partial charge is 0.269 e. The van der Waals surface area contributed by atoms with Crippen molar-refractivity contribution in [1.29, 1.82) is 0 Å². The zero-order valence-electron chi connectivity index (χ0n) is 65.8. The molecule has 0 aliphatic rings. The Morgan fingerprint density at radius 2 is 0.957 bits per heavy atom. The number of para-hydroxylation sites is 3. The van der Waals surface area contributed by atoms with Crippen LogP contribution in [0, 0.1) is 12.9 Å². The van der Waals surface area contributed by atoms with Gasteiger partial charge >= 0.3 is 0 Å². The van der Waals surface area contributed by atoms with Crippen LogP contribution in [-0.2, 0) is 27.1 Å². The fraction of sp³-hybridized carbons (Fsp3) is 0.230. The molecule has 0 aliphatic heterocycles. The minimum absolute atomic E-state index is 0.102. The Kier molecular flexibility index (Phi) is 12.6. The molecular formula is C87H83N5O. The lowest BCUT2D eigenvalue weighted by Crippen LogP contribution is -2.31. The summed E-state index contributed by atoms with van der Waals surface area (Å²) in [5.74, 6) is 1.52. The van der Waals surface area contributed by atoms with Crippen LogP contribution in [0.5, 0.6) is 11.5 Å². The summed E-state index contributed by atoms with van der Waals surface area (Å²) in [6, 6.07) is 49.9. The van der Waals surface area contributed by atoms with Crippen molar-refractivity contribution in [3.05, 3.63) is 276 Å². The molecule has 13 aromatic rings. The molecule has 6 heteroatoms. The molecule has 0 unspecified atom stereocenters. The molecule has 13 rings (SSSR count). The normalized spacial score (nSPS) is 14.0. The topological polar surface area (TPSA) is 40.2 Å². The Morgan fingerprint density at radius 1 is 0.430 bits per heavy atom. The van der Waals surface area contributed by atoms with Crippen molar-refractivity contribution in [1.82, 2.24) is 14.1 Å². The zero-order valence-corrected chi connectivity index (χ0v) is 55.8. The minimum atomic E-state index is -0.594. The average molecular weight is 1220 g/mol. The van der Waals surface area contributed by atoms with Crippen molar-refractivity contribution < 1.29 is 23.0 Å². The van der Waals surface area contributed by atoms with Crippen LogP contribution >= 0.6 is 0 Å². The highest BCUT2D eigenvalue weighted by molar-refractivity contribution is 6.11. The van der Waals surface area contributed by atoms with Gasteiger partial charge in [-0.2, -0.15) is 0 Å². The second-order valence-electron chi connectivity index (χ2n) is 29.7. The Bertz CT molecular complexity index is 5420. The molecule has 0 spiro atoms. The SMILES string of the molecule is [2H]c1c([2H])c([2H])c(-c2cccc(-c3c([2H])c([2H])c([2H])c([2H])c3[2H])c2-[n+]2[c-]n(-c3cc([N+]#[C-])cc(Oc4ccc5c6cc(-c7cc(-c8cc(C(C)(C)C)cc(C(C)(C)C)c8)cc(-c8cc(C(C)(C)C)cc(C(C)(C)C)c8)c7)ccc6n(-c6cc(C(C)(C)C)ccn6)c5c4)c3)c3ccccc32)c([2H])c1[2H]. The summed E-state index contributed by atoms with van der Waals surface area (Å²) in [7, 11) is 0. The highest BCUT2D eigenvalue weighted by Gasteiger charge is 2.27. The number of nitrogens with zero attached hydrogens (tertiary/aromatic N) is 5. The summed E-state index contributed by atoms with van der Waals surface area (Å²) in [6.45, 7) is 42.4. The number of hydrogen-bond donors (Lipinski definition) is 0. The third kappa shape index (κ3) is 12.2. The Balaban J connectivity index is 0.992. The molecule has 462 valence electrons. The molecule has 93 heavy (non-hydrogen) atoms. The molecule has 0 atom stereocenters. The van der Waals surface area contributed by atoms with Gasteiger partial charge in [-0.15, -0.1) is 0 Å². The molecule has 0 N–H and O–H groups in total. The number of ether oxygens (including phenoxy) is 1. The summed E-state index contributed by atoms with van der Waals surface area (Å²) >= 11 is 0. The predicted octanol–water partition coefficient (Wildman–Crippen LogP) is 23.4. The van der Waals surface area contributed by atoms with E-state index in [9.17, 15) is 5.48 Å². The highest BCUT2D eigenvalue weighted by atomic mass is 16.5. The first-order chi connectivity index (χ1) is 48.3. The van der Waals surface area contributed by atoms with Crippen molar-refractivity contribution >= 4 is 38.5 Å². The van der Waals surface area contributed by atoms with Gasteiger partial charge in [-0.1, -0.05) is 249 Å². The Labute approximate surface area is 564 Å². The van der Waals surface area contributed by atoms with Crippen LogP contribution in [0.4, 0.5) is 5.69 Å². The van der Waals surface area contributed by atoms with Crippen molar-refractivity contribution in [3.8, 4) is 84.3 Å². The molecule has 0 bridgehead atoms. The van der Waals surface area contributed by atoms with E-state index in [0.717, 1.165) is 66.6 Å². The zero-order chi connectivity index (χ0) is 74.2. The number of aromatic nitrogens is 4. The van der Waals surface area contributed by atoms with Crippen molar-refractivity contribution in [2.45, 2.75) is 131 Å². The van der Waals surface area contributed by atoms with Crippen molar-refractivity contribution in [3.63, 3.8) is 0 Å². The van der Waals surface area contributed by atoms with Crippen LogP contribution in [0.3, 0.4) is 0 Å². The fourth-order valence-corrected chi connectivity index (χ4v) is 12.3. The van der Waals surface area contributed by atoms with Crippen LogP contribution in [0.2, 0.25) is 0 Å². The average Bonchev–Trinajstić information content (AvgIpc) is 1.67. The number of rotatable bonds is 10. The van der Waals surface area contributed by atoms with E-state index in [1.807, 2.05) is 30.5 Å². The Hall–Kier alpha value is -10.1. The first-order valence-corrected chi connectivity index (χ1v) is 31.8. The second kappa shape index (κ2) is 23.2. The molecular weight excluding hydrogens is 1130 g/mol. The monoisotopic (exact) mass is 1220 g/mol. The van der Waals surface area contributed by atoms with Crippen LogP contribution in [-0.4, -0.2) is 14.1 Å². The maximum atomic E-state index is 9.19. The molecule has 0 aliphatic carbocycles. The van der Waals surface area contributed by atoms with E-state index in [2.05, 4.69) is 211 Å². The molecule has 6 nitrogen and oxygen atoms in total.